The molecule has 1 amide bonds. The Morgan fingerprint density at radius 1 is 0.978 bits per heavy atom. The second kappa shape index (κ2) is 13.5. The van der Waals surface area contributed by atoms with Gasteiger partial charge in [0.2, 0.25) is 5.91 Å². The lowest BCUT2D eigenvalue weighted by Crippen LogP contribution is -2.61. The van der Waals surface area contributed by atoms with Crippen LogP contribution in [0.1, 0.15) is 85.0 Å². The maximum atomic E-state index is 12.3. The zero-order chi connectivity index (χ0) is 33.8. The molecule has 0 bridgehead atoms. The van der Waals surface area contributed by atoms with Gasteiger partial charge in [-0.25, -0.2) is 4.79 Å². The number of aliphatic hydroxyl groups excluding tert-OH is 4. The van der Waals surface area contributed by atoms with Crippen LogP contribution in [0.15, 0.2) is 0 Å². The first-order valence-corrected chi connectivity index (χ1v) is 18.6. The number of hydrogen-bond donors (Lipinski definition) is 7. The van der Waals surface area contributed by atoms with Crippen LogP contribution in [0.5, 0.6) is 0 Å². The van der Waals surface area contributed by atoms with Gasteiger partial charge in [0.25, 0.3) is 10.1 Å². The summed E-state index contributed by atoms with van der Waals surface area (Å²) < 4.78 is 42.2. The van der Waals surface area contributed by atoms with Gasteiger partial charge in [0, 0.05) is 13.0 Å². The average molecular weight is 676 g/mol. The van der Waals surface area contributed by atoms with Crippen LogP contribution in [0.2, 0.25) is 0 Å². The highest BCUT2D eigenvalue weighted by Crippen LogP contribution is 2.68. The van der Waals surface area contributed by atoms with E-state index in [1.807, 2.05) is 0 Å². The van der Waals surface area contributed by atoms with Crippen LogP contribution in [-0.4, -0.2) is 106 Å². The number of rotatable bonds is 10. The Kier molecular flexibility index (Phi) is 10.5. The summed E-state index contributed by atoms with van der Waals surface area (Å²) >= 11 is 0. The molecule has 1 heterocycles. The molecule has 0 aromatic heterocycles. The molecule has 5 rings (SSSR count). The minimum Gasteiger partial charge on any atom is -0.479 e. The molecular formula is C32H53NO12S. The number of carboxylic acid groups (broad SMARTS) is 1. The smallest absolute Gasteiger partial charge is 0.335 e. The van der Waals surface area contributed by atoms with Crippen LogP contribution in [0.25, 0.3) is 0 Å². The van der Waals surface area contributed by atoms with Crippen molar-refractivity contribution in [1.82, 2.24) is 5.32 Å². The van der Waals surface area contributed by atoms with Crippen LogP contribution in [0.3, 0.4) is 0 Å². The summed E-state index contributed by atoms with van der Waals surface area (Å²) in [5, 5.41) is 54.5. The zero-order valence-corrected chi connectivity index (χ0v) is 27.8. The van der Waals surface area contributed by atoms with E-state index in [0.717, 1.165) is 32.1 Å². The topological polar surface area (TPSA) is 220 Å². The molecule has 15 atom stereocenters. The Morgan fingerprint density at radius 2 is 1.70 bits per heavy atom. The molecule has 46 heavy (non-hydrogen) atoms. The molecular weight excluding hydrogens is 622 g/mol. The minimum absolute atomic E-state index is 0.0136. The standard InChI is InChI=1S/C32H53NO12S/c1-16(4-9-24(35)33-12-13-46(41,42)43)20-7-8-21-19-6-5-17-14-18(10-11-31(17,2)22(19)15-23(34)32(20,21)3)44-30-27(38)25(36)26(37)28(45-30)29(39)40/h16-23,25-28,30,34,36-38H,4-15H2,1-3H3,(H,33,35)(H,39,40)(H,41,42,43)/t16-,17-,18-,19?,20-,21+,22?,23+,25+,26+,27-,28+,30-,31+,32-/m1/s1. The summed E-state index contributed by atoms with van der Waals surface area (Å²) in [7, 11) is -4.13. The monoisotopic (exact) mass is 675 g/mol. The first kappa shape index (κ1) is 35.9. The third kappa shape index (κ3) is 6.74. The van der Waals surface area contributed by atoms with Gasteiger partial charge in [-0.1, -0.05) is 20.8 Å². The van der Waals surface area contributed by atoms with E-state index < -0.39 is 58.7 Å². The zero-order valence-electron chi connectivity index (χ0n) is 27.0. The van der Waals surface area contributed by atoms with Crippen molar-refractivity contribution in [3.63, 3.8) is 0 Å². The van der Waals surface area contributed by atoms with Gasteiger partial charge in [-0.2, -0.15) is 8.42 Å². The van der Waals surface area contributed by atoms with Crippen LogP contribution in [0.4, 0.5) is 0 Å². The van der Waals surface area contributed by atoms with E-state index in [0.29, 0.717) is 49.4 Å². The molecule has 1 aliphatic heterocycles. The fraction of sp³-hybridized carbons (Fsp3) is 0.938. The normalized spacial score (nSPS) is 46.4. The van der Waals surface area contributed by atoms with Gasteiger partial charge in [0.1, 0.15) is 18.3 Å². The summed E-state index contributed by atoms with van der Waals surface area (Å²) in [5.74, 6) is -0.235. The van der Waals surface area contributed by atoms with Crippen molar-refractivity contribution < 1.29 is 57.6 Å². The third-order valence-corrected chi connectivity index (χ3v) is 13.9. The van der Waals surface area contributed by atoms with Gasteiger partial charge < -0.3 is 40.3 Å². The molecule has 7 N–H and O–H groups in total. The predicted molar refractivity (Wildman–Crippen MR) is 164 cm³/mol. The van der Waals surface area contributed by atoms with Crippen molar-refractivity contribution >= 4 is 22.0 Å². The number of amides is 1. The predicted octanol–water partition coefficient (Wildman–Crippen LogP) is 1.31. The summed E-state index contributed by atoms with van der Waals surface area (Å²) in [4.78, 5) is 23.9. The molecule has 0 radical (unpaired) electrons. The molecule has 264 valence electrons. The number of aliphatic carboxylic acids is 1. The molecule has 5 fully saturated rings. The summed E-state index contributed by atoms with van der Waals surface area (Å²) in [6.07, 6.45) is -0.976. The van der Waals surface area contributed by atoms with E-state index in [4.69, 9.17) is 14.0 Å². The Hall–Kier alpha value is -1.39. The lowest BCUT2D eigenvalue weighted by molar-refractivity contribution is -0.310. The largest absolute Gasteiger partial charge is 0.479 e. The molecule has 0 aromatic rings. The van der Waals surface area contributed by atoms with E-state index in [1.54, 1.807) is 0 Å². The van der Waals surface area contributed by atoms with Crippen molar-refractivity contribution in [2.45, 2.75) is 128 Å². The molecule has 0 aromatic carbocycles. The van der Waals surface area contributed by atoms with Gasteiger partial charge in [0.15, 0.2) is 12.4 Å². The van der Waals surface area contributed by atoms with E-state index in [2.05, 4.69) is 26.1 Å². The van der Waals surface area contributed by atoms with E-state index in [-0.39, 0.29) is 47.6 Å². The van der Waals surface area contributed by atoms with Crippen LogP contribution in [-0.2, 0) is 29.2 Å². The van der Waals surface area contributed by atoms with Crippen molar-refractivity contribution in [1.29, 1.82) is 0 Å². The van der Waals surface area contributed by atoms with Crippen molar-refractivity contribution in [3.05, 3.63) is 0 Å². The molecule has 0 spiro atoms. The fourth-order valence-corrected chi connectivity index (χ4v) is 10.9. The Balaban J connectivity index is 1.19. The quantitative estimate of drug-likeness (QED) is 0.129. The van der Waals surface area contributed by atoms with Crippen LogP contribution < -0.4 is 5.32 Å². The van der Waals surface area contributed by atoms with Gasteiger partial charge >= 0.3 is 5.97 Å². The number of aliphatic hydroxyl groups is 4. The second-order valence-electron chi connectivity index (χ2n) is 15.4. The number of hydrogen-bond acceptors (Lipinski definition) is 10. The lowest BCUT2D eigenvalue weighted by Gasteiger charge is -2.62. The first-order chi connectivity index (χ1) is 21.5. The SMILES string of the molecule is C[C@H](CCC(=O)NCCS(=O)(=O)O)[C@H]1CC[C@H]2C3CC[C@@H]4C[C@H](O[C@@H]5O[C@H](C(=O)O)[C@@H](O)[C@H](O)[C@H]5O)CC[C@]4(C)C3C[C@H](O)[C@]12C. The molecule has 5 aliphatic rings. The molecule has 2 unspecified atom stereocenters. The highest BCUT2D eigenvalue weighted by atomic mass is 32.2. The highest BCUT2D eigenvalue weighted by Gasteiger charge is 2.64. The molecule has 1 saturated heterocycles. The minimum atomic E-state index is -4.13. The van der Waals surface area contributed by atoms with Crippen molar-refractivity contribution in [2.24, 2.45) is 46.3 Å². The Bertz CT molecular complexity index is 1230. The summed E-state index contributed by atoms with van der Waals surface area (Å²) in [5.41, 5.74) is -0.271. The number of carbonyl (C=O) groups is 2. The molecule has 13 nitrogen and oxygen atoms in total. The second-order valence-corrected chi connectivity index (χ2v) is 16.9. The summed E-state index contributed by atoms with van der Waals surface area (Å²) in [6, 6.07) is 0. The van der Waals surface area contributed by atoms with Crippen LogP contribution in [0, 0.1) is 46.3 Å². The maximum Gasteiger partial charge on any atom is 0.335 e. The third-order valence-electron chi connectivity index (χ3n) is 13.1. The first-order valence-electron chi connectivity index (χ1n) is 16.9. The van der Waals surface area contributed by atoms with Crippen molar-refractivity contribution in [2.75, 3.05) is 12.3 Å². The number of nitrogens with one attached hydrogen (secondary N) is 1. The molecule has 4 aliphatic carbocycles. The van der Waals surface area contributed by atoms with Gasteiger partial charge in [-0.05, 0) is 104 Å². The maximum absolute atomic E-state index is 12.3. The fourth-order valence-electron chi connectivity index (χ4n) is 10.6. The summed E-state index contributed by atoms with van der Waals surface area (Å²) in [6.45, 7) is 6.59. The van der Waals surface area contributed by atoms with Crippen molar-refractivity contribution in [3.8, 4) is 0 Å². The van der Waals surface area contributed by atoms with E-state index >= 15 is 0 Å². The van der Waals surface area contributed by atoms with Gasteiger partial charge in [0.05, 0.1) is 18.0 Å². The van der Waals surface area contributed by atoms with E-state index in [9.17, 15) is 43.5 Å². The van der Waals surface area contributed by atoms with Gasteiger partial charge in [-0.3, -0.25) is 9.35 Å². The van der Waals surface area contributed by atoms with Gasteiger partial charge in [-0.15, -0.1) is 0 Å². The highest BCUT2D eigenvalue weighted by molar-refractivity contribution is 7.85. The average Bonchev–Trinajstić information content (AvgIpc) is 3.34. The molecule has 4 saturated carbocycles. The lowest BCUT2D eigenvalue weighted by atomic mass is 9.43. The van der Waals surface area contributed by atoms with Crippen LogP contribution >= 0.6 is 0 Å². The Labute approximate surface area is 271 Å². The van der Waals surface area contributed by atoms with E-state index in [1.165, 1.54) is 0 Å². The number of carboxylic acids is 1. The molecule has 14 heteroatoms. The Morgan fingerprint density at radius 3 is 2.37 bits per heavy atom. The number of carbonyl (C=O) groups excluding carboxylic acids is 1. The number of ether oxygens (including phenoxy) is 2. The number of fused-ring (bicyclic) bond motifs is 5.